The van der Waals surface area contributed by atoms with Gasteiger partial charge in [-0.1, -0.05) is 72.3 Å². The fourth-order valence-electron chi connectivity index (χ4n) is 3.66. The van der Waals surface area contributed by atoms with Gasteiger partial charge in [0.15, 0.2) is 0 Å². The quantitative estimate of drug-likeness (QED) is 0.546. The normalized spacial score (nSPS) is 11.0. The molecule has 0 radical (unpaired) electrons. The van der Waals surface area contributed by atoms with Gasteiger partial charge in [0.25, 0.3) is 5.91 Å². The monoisotopic (exact) mass is 354 g/mol. The molecule has 0 aliphatic rings. The standard InChI is InChI=1S/C24H22N2O/c1-16-10-12-19(13-11-16)23-14-22(24(25)27)17(2)26(23)15-20-8-5-7-18-6-3-4-9-21(18)20/h3-14H,15H2,1-2H3,(H2,25,27). The van der Waals surface area contributed by atoms with Crippen LogP contribution in [0.25, 0.3) is 22.0 Å². The largest absolute Gasteiger partial charge is 0.366 e. The van der Waals surface area contributed by atoms with E-state index in [4.69, 9.17) is 5.73 Å². The third-order valence-electron chi connectivity index (χ3n) is 5.19. The van der Waals surface area contributed by atoms with Crippen LogP contribution in [0.1, 0.15) is 27.2 Å². The van der Waals surface area contributed by atoms with Crippen LogP contribution in [-0.4, -0.2) is 10.5 Å². The summed E-state index contributed by atoms with van der Waals surface area (Å²) in [5, 5.41) is 2.44. The molecule has 3 nitrogen and oxygen atoms in total. The summed E-state index contributed by atoms with van der Waals surface area (Å²) < 4.78 is 2.19. The minimum absolute atomic E-state index is 0.391. The number of carbonyl (C=O) groups is 1. The fourth-order valence-corrected chi connectivity index (χ4v) is 3.66. The highest BCUT2D eigenvalue weighted by atomic mass is 16.1. The van der Waals surface area contributed by atoms with Crippen LogP contribution in [0.15, 0.2) is 72.8 Å². The first-order chi connectivity index (χ1) is 13.0. The molecule has 0 saturated heterocycles. The van der Waals surface area contributed by atoms with Gasteiger partial charge in [-0.3, -0.25) is 4.79 Å². The molecule has 3 aromatic carbocycles. The number of nitrogens with zero attached hydrogens (tertiary/aromatic N) is 1. The Hall–Kier alpha value is -3.33. The first-order valence-corrected chi connectivity index (χ1v) is 9.08. The molecular formula is C24H22N2O. The van der Waals surface area contributed by atoms with Crippen molar-refractivity contribution in [3.63, 3.8) is 0 Å². The molecule has 3 heteroatoms. The van der Waals surface area contributed by atoms with Crippen LogP contribution in [0.4, 0.5) is 0 Å². The smallest absolute Gasteiger partial charge is 0.250 e. The molecule has 0 atom stereocenters. The number of amides is 1. The Balaban J connectivity index is 1.88. The van der Waals surface area contributed by atoms with Gasteiger partial charge in [0.2, 0.25) is 0 Å². The number of carbonyl (C=O) groups excluding carboxylic acids is 1. The van der Waals surface area contributed by atoms with Crippen LogP contribution in [0.3, 0.4) is 0 Å². The van der Waals surface area contributed by atoms with Crippen molar-refractivity contribution in [2.45, 2.75) is 20.4 Å². The van der Waals surface area contributed by atoms with Crippen molar-refractivity contribution >= 4 is 16.7 Å². The number of hydrogen-bond donors (Lipinski definition) is 1. The minimum atomic E-state index is -0.391. The summed E-state index contributed by atoms with van der Waals surface area (Å²) in [7, 11) is 0. The first-order valence-electron chi connectivity index (χ1n) is 9.08. The summed E-state index contributed by atoms with van der Waals surface area (Å²) in [6, 6.07) is 25.0. The molecular weight excluding hydrogens is 332 g/mol. The maximum Gasteiger partial charge on any atom is 0.250 e. The molecule has 1 heterocycles. The van der Waals surface area contributed by atoms with E-state index in [1.54, 1.807) is 0 Å². The molecule has 2 N–H and O–H groups in total. The second-order valence-corrected chi connectivity index (χ2v) is 6.98. The zero-order valence-electron chi connectivity index (χ0n) is 15.6. The zero-order chi connectivity index (χ0) is 19.0. The second kappa shape index (κ2) is 6.76. The van der Waals surface area contributed by atoms with Crippen LogP contribution < -0.4 is 5.73 Å². The maximum atomic E-state index is 11.9. The molecule has 134 valence electrons. The Labute approximate surface area is 159 Å². The molecule has 1 aromatic heterocycles. The summed E-state index contributed by atoms with van der Waals surface area (Å²) in [6.07, 6.45) is 0. The number of rotatable bonds is 4. The molecule has 0 aliphatic carbocycles. The molecule has 27 heavy (non-hydrogen) atoms. The maximum absolute atomic E-state index is 11.9. The lowest BCUT2D eigenvalue weighted by molar-refractivity contribution is 0.0999. The Morgan fingerprint density at radius 1 is 0.926 bits per heavy atom. The van der Waals surface area contributed by atoms with E-state index in [1.807, 2.05) is 13.0 Å². The van der Waals surface area contributed by atoms with Crippen LogP contribution in [0.2, 0.25) is 0 Å². The summed E-state index contributed by atoms with van der Waals surface area (Å²) >= 11 is 0. The average molecular weight is 354 g/mol. The third kappa shape index (κ3) is 3.13. The topological polar surface area (TPSA) is 48.0 Å². The van der Waals surface area contributed by atoms with Gasteiger partial charge in [0.1, 0.15) is 0 Å². The van der Waals surface area contributed by atoms with E-state index in [2.05, 4.69) is 78.2 Å². The van der Waals surface area contributed by atoms with Gasteiger partial charge in [-0.25, -0.2) is 0 Å². The predicted octanol–water partition coefficient (Wildman–Crippen LogP) is 5.07. The van der Waals surface area contributed by atoms with Gasteiger partial charge in [-0.05, 0) is 41.8 Å². The minimum Gasteiger partial charge on any atom is -0.366 e. The van der Waals surface area contributed by atoms with Crippen LogP contribution in [0, 0.1) is 13.8 Å². The molecule has 0 unspecified atom stereocenters. The van der Waals surface area contributed by atoms with Gasteiger partial charge >= 0.3 is 0 Å². The molecule has 0 saturated carbocycles. The van der Waals surface area contributed by atoms with Crippen LogP contribution >= 0.6 is 0 Å². The second-order valence-electron chi connectivity index (χ2n) is 6.98. The van der Waals surface area contributed by atoms with Crippen molar-refractivity contribution in [3.05, 3.63) is 95.2 Å². The lowest BCUT2D eigenvalue weighted by atomic mass is 10.0. The molecule has 0 fully saturated rings. The summed E-state index contributed by atoms with van der Waals surface area (Å²) in [4.78, 5) is 11.9. The van der Waals surface area contributed by atoms with E-state index in [9.17, 15) is 4.79 Å². The fraction of sp³-hybridized carbons (Fsp3) is 0.125. The van der Waals surface area contributed by atoms with E-state index in [0.29, 0.717) is 12.1 Å². The third-order valence-corrected chi connectivity index (χ3v) is 5.19. The number of aryl methyl sites for hydroxylation is 1. The van der Waals surface area contributed by atoms with Crippen molar-refractivity contribution in [1.82, 2.24) is 4.57 Å². The van der Waals surface area contributed by atoms with Crippen molar-refractivity contribution in [3.8, 4) is 11.3 Å². The first kappa shape index (κ1) is 17.1. The van der Waals surface area contributed by atoms with Crippen molar-refractivity contribution in [1.29, 1.82) is 0 Å². The molecule has 4 aromatic rings. The van der Waals surface area contributed by atoms with Gasteiger partial charge in [0.05, 0.1) is 5.56 Å². The van der Waals surface area contributed by atoms with Gasteiger partial charge in [-0.2, -0.15) is 0 Å². The van der Waals surface area contributed by atoms with Crippen molar-refractivity contribution in [2.75, 3.05) is 0 Å². The Morgan fingerprint density at radius 3 is 2.37 bits per heavy atom. The van der Waals surface area contributed by atoms with E-state index >= 15 is 0 Å². The highest BCUT2D eigenvalue weighted by Crippen LogP contribution is 2.29. The molecule has 0 aliphatic heterocycles. The molecule has 0 bridgehead atoms. The van der Waals surface area contributed by atoms with E-state index in [1.165, 1.54) is 21.9 Å². The number of benzene rings is 3. The number of primary amides is 1. The lowest BCUT2D eigenvalue weighted by Crippen LogP contribution is -2.12. The van der Waals surface area contributed by atoms with Gasteiger partial charge in [-0.15, -0.1) is 0 Å². The van der Waals surface area contributed by atoms with Gasteiger partial charge in [0, 0.05) is 17.9 Å². The van der Waals surface area contributed by atoms with E-state index in [-0.39, 0.29) is 0 Å². The summed E-state index contributed by atoms with van der Waals surface area (Å²) in [5.41, 5.74) is 11.6. The van der Waals surface area contributed by atoms with Crippen molar-refractivity contribution in [2.24, 2.45) is 5.73 Å². The highest BCUT2D eigenvalue weighted by Gasteiger charge is 2.17. The average Bonchev–Trinajstić information content (AvgIpc) is 2.99. The highest BCUT2D eigenvalue weighted by molar-refractivity contribution is 5.95. The zero-order valence-corrected chi connectivity index (χ0v) is 15.6. The number of nitrogens with two attached hydrogens (primary N) is 1. The summed E-state index contributed by atoms with van der Waals surface area (Å²) in [6.45, 7) is 4.71. The Morgan fingerprint density at radius 2 is 1.63 bits per heavy atom. The van der Waals surface area contributed by atoms with E-state index < -0.39 is 5.91 Å². The molecule has 0 spiro atoms. The van der Waals surface area contributed by atoms with Crippen molar-refractivity contribution < 1.29 is 4.79 Å². The SMILES string of the molecule is Cc1ccc(-c2cc(C(N)=O)c(C)n2Cc2cccc3ccccc23)cc1. The number of hydrogen-bond acceptors (Lipinski definition) is 1. The molecule has 1 amide bonds. The Kier molecular flexibility index (Phi) is 4.28. The Bertz CT molecular complexity index is 1130. The summed E-state index contributed by atoms with van der Waals surface area (Å²) in [5.74, 6) is -0.391. The number of fused-ring (bicyclic) bond motifs is 1. The van der Waals surface area contributed by atoms with E-state index in [0.717, 1.165) is 17.0 Å². The van der Waals surface area contributed by atoms with Crippen LogP contribution in [-0.2, 0) is 6.54 Å². The number of aromatic nitrogens is 1. The molecule has 4 rings (SSSR count). The lowest BCUT2D eigenvalue weighted by Gasteiger charge is -2.14. The predicted molar refractivity (Wildman–Crippen MR) is 111 cm³/mol. The van der Waals surface area contributed by atoms with Gasteiger partial charge < -0.3 is 10.3 Å². The van der Waals surface area contributed by atoms with Crippen LogP contribution in [0.5, 0.6) is 0 Å².